The Kier molecular flexibility index (Phi) is 10.7. The summed E-state index contributed by atoms with van der Waals surface area (Å²) >= 11 is 2.76. The van der Waals surface area contributed by atoms with Crippen molar-refractivity contribution < 1.29 is 73.7 Å². The van der Waals surface area contributed by atoms with Crippen LogP contribution < -0.4 is 35.3 Å². The molecule has 4 amide bonds. The van der Waals surface area contributed by atoms with Crippen molar-refractivity contribution in [3.8, 4) is 0 Å². The molecule has 0 radical (unpaired) electrons. The molecule has 24 heteroatoms. The zero-order chi connectivity index (χ0) is 30.4. The van der Waals surface area contributed by atoms with Crippen LogP contribution in [0.5, 0.6) is 0 Å². The van der Waals surface area contributed by atoms with Gasteiger partial charge >= 0.3 is 52.0 Å². The number of hydroxylamine groups is 4. The third-order valence-electron chi connectivity index (χ3n) is 7.00. The Morgan fingerprint density at radius 1 is 0.860 bits per heavy atom. The molecule has 4 aliphatic rings. The second-order valence-electron chi connectivity index (χ2n) is 9.63. The van der Waals surface area contributed by atoms with Crippen molar-refractivity contribution in [3.05, 3.63) is 20.0 Å². The van der Waals surface area contributed by atoms with E-state index in [1.807, 2.05) is 6.92 Å². The first-order valence-electron chi connectivity index (χ1n) is 12.6. The van der Waals surface area contributed by atoms with Gasteiger partial charge in [0, 0.05) is 19.6 Å². The maximum atomic E-state index is 12.2. The van der Waals surface area contributed by atoms with Gasteiger partial charge in [-0.3, -0.25) is 4.55 Å². The molecule has 4 fully saturated rings. The van der Waals surface area contributed by atoms with Crippen LogP contribution >= 0.6 is 22.7 Å². The van der Waals surface area contributed by atoms with Gasteiger partial charge in [-0.2, -0.15) is 22.8 Å². The molecule has 0 saturated carbocycles. The zero-order valence-corrected chi connectivity index (χ0v) is 28.1. The predicted octanol–water partition coefficient (Wildman–Crippen LogP) is -2.89. The standard InChI is InChI=1S/C10H14N4O5S2.C9H13N5O5S2.Na/c1-2-8-11-12-9(20-8)7-4-3-6-5-13(7)10(15)14(6)19-21(16,17)18;10-3-7-11-12-8(20-7)6-2-1-5-4-13(6)9(15)14(5)19-21(16,17)18;/h6-7H,2-5H2,1H3,(H,16,17,18);5-6H,1-4,10H2,(H,16,17,18);/q;;+1/p-1/t6-,7+;5-,6+;/m11./s1. The molecule has 2 aromatic rings. The normalized spacial score (nSPS) is 25.1. The van der Waals surface area contributed by atoms with Gasteiger partial charge in [-0.1, -0.05) is 29.6 Å². The summed E-state index contributed by atoms with van der Waals surface area (Å²) in [5, 5.41) is 20.4. The van der Waals surface area contributed by atoms with Crippen LogP contribution in [0.1, 0.15) is 64.7 Å². The SMILES string of the molecule is CCc1nnc([C@@H]2CC[C@@H]3CN2C(=O)N3OS(=O)(=O)[O-])s1.NCc1nnc([C@@H]2CC[C@@H]3CN2C(=O)N3OS(=O)(=O)O)s1.[Na+]. The van der Waals surface area contributed by atoms with E-state index in [4.69, 9.17) is 10.3 Å². The minimum absolute atomic E-state index is 0. The van der Waals surface area contributed by atoms with Crippen molar-refractivity contribution in [2.24, 2.45) is 5.73 Å². The molecule has 0 aromatic carbocycles. The Bertz CT molecular complexity index is 1440. The fourth-order valence-electron chi connectivity index (χ4n) is 5.20. The van der Waals surface area contributed by atoms with E-state index in [2.05, 4.69) is 29.0 Å². The Balaban J connectivity index is 0.000000192. The van der Waals surface area contributed by atoms with Gasteiger partial charge in [0.1, 0.15) is 20.0 Å². The van der Waals surface area contributed by atoms with E-state index in [0.717, 1.165) is 16.4 Å². The van der Waals surface area contributed by atoms with Gasteiger partial charge in [-0.15, -0.1) is 24.7 Å². The number of rotatable bonds is 8. The Labute approximate surface area is 276 Å². The number of carbonyl (C=O) groups excluding carboxylic acids is 2. The molecule has 4 saturated heterocycles. The molecule has 43 heavy (non-hydrogen) atoms. The number of hydrogen-bond acceptors (Lipinski definition) is 16. The third kappa shape index (κ3) is 7.61. The number of piperidine rings is 2. The van der Waals surface area contributed by atoms with Gasteiger partial charge in [0.15, 0.2) is 0 Å². The second kappa shape index (κ2) is 13.4. The van der Waals surface area contributed by atoms with Crippen LogP contribution in [0.3, 0.4) is 0 Å². The van der Waals surface area contributed by atoms with Crippen LogP contribution in [0.25, 0.3) is 0 Å². The molecule has 2 aromatic heterocycles. The Morgan fingerprint density at radius 3 is 1.72 bits per heavy atom. The van der Waals surface area contributed by atoms with Gasteiger partial charge in [-0.25, -0.2) is 18.0 Å². The van der Waals surface area contributed by atoms with Gasteiger partial charge in [0.2, 0.25) is 10.4 Å². The van der Waals surface area contributed by atoms with E-state index < -0.39 is 44.9 Å². The first-order chi connectivity index (χ1) is 19.8. The third-order valence-corrected chi connectivity index (χ3v) is 9.91. The average Bonchev–Trinajstić information content (AvgIpc) is 3.70. The quantitative estimate of drug-likeness (QED) is 0.160. The molecule has 232 valence electrons. The molecule has 19 nitrogen and oxygen atoms in total. The summed E-state index contributed by atoms with van der Waals surface area (Å²) in [6.07, 6.45) is 3.10. The average molecular weight is 692 g/mol. The number of nitrogens with zero attached hydrogens (tertiary/aromatic N) is 8. The monoisotopic (exact) mass is 691 g/mol. The minimum Gasteiger partial charge on any atom is -0.724 e. The number of fused-ring (bicyclic) bond motifs is 4. The van der Waals surface area contributed by atoms with Gasteiger partial charge < -0.3 is 20.1 Å². The Morgan fingerprint density at radius 2 is 1.33 bits per heavy atom. The van der Waals surface area contributed by atoms with E-state index in [9.17, 15) is 31.0 Å². The molecular weight excluding hydrogens is 666 g/mol. The first-order valence-corrected chi connectivity index (χ1v) is 17.0. The van der Waals surface area contributed by atoms with Crippen molar-refractivity contribution in [1.29, 1.82) is 0 Å². The smallest absolute Gasteiger partial charge is 0.724 e. The summed E-state index contributed by atoms with van der Waals surface area (Å²) in [6, 6.07) is -2.57. The number of aromatic nitrogens is 4. The number of nitrogens with two attached hydrogens (primary N) is 1. The topological polar surface area (TPSA) is 255 Å². The van der Waals surface area contributed by atoms with Crippen LogP contribution in [0.2, 0.25) is 0 Å². The van der Waals surface area contributed by atoms with E-state index in [-0.39, 0.29) is 48.2 Å². The van der Waals surface area contributed by atoms with Crippen LogP contribution in [0.4, 0.5) is 9.59 Å². The summed E-state index contributed by atoms with van der Waals surface area (Å²) in [6.45, 7) is 2.88. The fraction of sp³-hybridized carbons (Fsp3) is 0.684. The van der Waals surface area contributed by atoms with Crippen molar-refractivity contribution in [2.75, 3.05) is 13.1 Å². The van der Waals surface area contributed by atoms with E-state index in [1.54, 1.807) is 0 Å². The van der Waals surface area contributed by atoms with Crippen molar-refractivity contribution in [2.45, 2.75) is 69.7 Å². The number of urea groups is 2. The van der Waals surface area contributed by atoms with Crippen molar-refractivity contribution >= 4 is 55.5 Å². The van der Waals surface area contributed by atoms with Crippen molar-refractivity contribution in [1.82, 2.24) is 40.3 Å². The number of aryl methyl sites for hydroxylation is 1. The fourth-order valence-corrected chi connectivity index (χ4v) is 7.77. The van der Waals surface area contributed by atoms with Crippen LogP contribution in [0.15, 0.2) is 0 Å². The van der Waals surface area contributed by atoms with E-state index in [0.29, 0.717) is 58.9 Å². The summed E-state index contributed by atoms with van der Waals surface area (Å²) < 4.78 is 71.1. The largest absolute Gasteiger partial charge is 1.00 e. The van der Waals surface area contributed by atoms with Gasteiger partial charge in [0.25, 0.3) is 0 Å². The number of amides is 4. The molecule has 6 heterocycles. The van der Waals surface area contributed by atoms with Gasteiger partial charge in [0.05, 0.1) is 24.2 Å². The molecule has 4 atom stereocenters. The molecule has 3 N–H and O–H groups in total. The molecule has 4 aliphatic heterocycles. The maximum absolute atomic E-state index is 12.2. The summed E-state index contributed by atoms with van der Waals surface area (Å²) in [4.78, 5) is 27.4. The second-order valence-corrected chi connectivity index (χ2v) is 13.8. The van der Waals surface area contributed by atoms with Crippen LogP contribution in [-0.4, -0.2) is 103 Å². The number of carbonyl (C=O) groups is 2. The molecule has 6 rings (SSSR count). The summed E-state index contributed by atoms with van der Waals surface area (Å²) in [5.74, 6) is 0. The summed E-state index contributed by atoms with van der Waals surface area (Å²) in [5.41, 5.74) is 5.49. The van der Waals surface area contributed by atoms with Gasteiger partial charge in [-0.05, 0) is 32.1 Å². The molecule has 0 aliphatic carbocycles. The maximum Gasteiger partial charge on any atom is 1.00 e. The van der Waals surface area contributed by atoms with Crippen LogP contribution in [-0.2, 0) is 42.3 Å². The summed E-state index contributed by atoms with van der Waals surface area (Å²) in [7, 11) is -9.68. The molecular formula is C19H26N9NaO10S4. The Hall–Kier alpha value is -1.64. The predicted molar refractivity (Wildman–Crippen MR) is 140 cm³/mol. The minimum atomic E-state index is -4.96. The molecule has 0 unspecified atom stereocenters. The number of hydrogen-bond donors (Lipinski definition) is 2. The van der Waals surface area contributed by atoms with Crippen molar-refractivity contribution in [3.63, 3.8) is 0 Å². The van der Waals surface area contributed by atoms with E-state index >= 15 is 0 Å². The zero-order valence-electron chi connectivity index (χ0n) is 22.9. The first kappa shape index (κ1) is 34.2. The van der Waals surface area contributed by atoms with E-state index in [1.165, 1.54) is 32.5 Å². The molecule has 4 bridgehead atoms. The van der Waals surface area contributed by atoms with Crippen LogP contribution in [0, 0.1) is 0 Å². The molecule has 0 spiro atoms.